The van der Waals surface area contributed by atoms with Gasteiger partial charge in [-0.05, 0) is 52.1 Å². The van der Waals surface area contributed by atoms with Crippen LogP contribution in [0.25, 0.3) is 0 Å². The second-order valence-corrected chi connectivity index (χ2v) is 7.31. The van der Waals surface area contributed by atoms with Crippen LogP contribution < -0.4 is 11.1 Å². The summed E-state index contributed by atoms with van der Waals surface area (Å²) in [5.74, 6) is 0. The minimum atomic E-state index is -0.528. The number of carbonyl (C=O) groups is 2. The summed E-state index contributed by atoms with van der Waals surface area (Å²) in [6.45, 7) is 7.77. The number of hydrogen-bond donors (Lipinski definition) is 2. The lowest BCUT2D eigenvalue weighted by molar-refractivity contribution is 0.0525. The lowest BCUT2D eigenvalue weighted by Gasteiger charge is -2.23. The van der Waals surface area contributed by atoms with Gasteiger partial charge in [0.15, 0.2) is 0 Å². The predicted molar refractivity (Wildman–Crippen MR) is 105 cm³/mol. The average Bonchev–Trinajstić information content (AvgIpc) is 2.61. The molecule has 0 aliphatic carbocycles. The van der Waals surface area contributed by atoms with Gasteiger partial charge in [0.2, 0.25) is 0 Å². The smallest absolute Gasteiger partial charge is 0.410 e. The molecule has 7 heteroatoms. The monoisotopic (exact) mass is 379 g/mol. The quantitative estimate of drug-likeness (QED) is 0.609. The standard InChI is InChI=1S/C20H33N3O4/c1-20(2,3)27-18(24)22-13-9-15-23(14-8-7-12-21)19(25)26-16-17-10-5-4-6-11-17/h4-6,10-11H,7-9,12-16,21H2,1-3H3,(H,22,24). The molecule has 3 N–H and O–H groups in total. The minimum absolute atomic E-state index is 0.239. The fourth-order valence-electron chi connectivity index (χ4n) is 2.33. The summed E-state index contributed by atoms with van der Waals surface area (Å²) in [4.78, 5) is 25.7. The van der Waals surface area contributed by atoms with Crippen LogP contribution in [-0.4, -0.2) is 48.9 Å². The van der Waals surface area contributed by atoms with Gasteiger partial charge < -0.3 is 25.4 Å². The summed E-state index contributed by atoms with van der Waals surface area (Å²) in [5.41, 5.74) is 5.95. The summed E-state index contributed by atoms with van der Waals surface area (Å²) in [5, 5.41) is 2.70. The van der Waals surface area contributed by atoms with Crippen molar-refractivity contribution in [2.45, 2.75) is 52.2 Å². The van der Waals surface area contributed by atoms with Crippen molar-refractivity contribution in [3.05, 3.63) is 35.9 Å². The molecular weight excluding hydrogens is 346 g/mol. The molecule has 1 aromatic carbocycles. The number of nitrogens with one attached hydrogen (secondary N) is 1. The first-order valence-corrected chi connectivity index (χ1v) is 9.44. The lowest BCUT2D eigenvalue weighted by atomic mass is 10.2. The van der Waals surface area contributed by atoms with E-state index in [9.17, 15) is 9.59 Å². The van der Waals surface area contributed by atoms with Gasteiger partial charge in [0, 0.05) is 19.6 Å². The maximum atomic E-state index is 12.4. The zero-order valence-electron chi connectivity index (χ0n) is 16.7. The molecule has 0 atom stereocenters. The molecule has 0 aliphatic heterocycles. The van der Waals surface area contributed by atoms with Crippen LogP contribution in [0.5, 0.6) is 0 Å². The van der Waals surface area contributed by atoms with Crippen molar-refractivity contribution in [3.63, 3.8) is 0 Å². The molecule has 2 amide bonds. The topological polar surface area (TPSA) is 93.9 Å². The van der Waals surface area contributed by atoms with E-state index in [4.69, 9.17) is 15.2 Å². The summed E-state index contributed by atoms with van der Waals surface area (Å²) >= 11 is 0. The molecule has 0 saturated heterocycles. The van der Waals surface area contributed by atoms with Gasteiger partial charge >= 0.3 is 12.2 Å². The van der Waals surface area contributed by atoms with Crippen molar-refractivity contribution >= 4 is 12.2 Å². The molecule has 0 aliphatic rings. The van der Waals surface area contributed by atoms with Gasteiger partial charge in [-0.1, -0.05) is 30.3 Å². The largest absolute Gasteiger partial charge is 0.445 e. The summed E-state index contributed by atoms with van der Waals surface area (Å²) in [7, 11) is 0. The van der Waals surface area contributed by atoms with Crippen molar-refractivity contribution in [1.82, 2.24) is 10.2 Å². The Morgan fingerprint density at radius 1 is 1.07 bits per heavy atom. The van der Waals surface area contributed by atoms with E-state index in [-0.39, 0.29) is 12.7 Å². The van der Waals surface area contributed by atoms with Gasteiger partial charge in [0.1, 0.15) is 12.2 Å². The molecule has 1 rings (SSSR count). The highest BCUT2D eigenvalue weighted by atomic mass is 16.6. The molecule has 0 bridgehead atoms. The van der Waals surface area contributed by atoms with Crippen molar-refractivity contribution in [2.75, 3.05) is 26.2 Å². The highest BCUT2D eigenvalue weighted by Gasteiger charge is 2.17. The number of hydrogen-bond acceptors (Lipinski definition) is 5. The van der Waals surface area contributed by atoms with Crippen molar-refractivity contribution in [2.24, 2.45) is 5.73 Å². The first kappa shape index (κ1) is 22.8. The van der Waals surface area contributed by atoms with Crippen LogP contribution in [0.2, 0.25) is 0 Å². The minimum Gasteiger partial charge on any atom is -0.445 e. The summed E-state index contributed by atoms with van der Waals surface area (Å²) < 4.78 is 10.6. The third-order valence-electron chi connectivity index (χ3n) is 3.62. The SMILES string of the molecule is CC(C)(C)OC(=O)NCCCN(CCCCN)C(=O)OCc1ccccc1. The second kappa shape index (κ2) is 12.2. The van der Waals surface area contributed by atoms with E-state index in [1.165, 1.54) is 0 Å². The molecule has 27 heavy (non-hydrogen) atoms. The Labute approximate surface area is 162 Å². The summed E-state index contributed by atoms with van der Waals surface area (Å²) in [6, 6.07) is 9.56. The molecule has 7 nitrogen and oxygen atoms in total. The highest BCUT2D eigenvalue weighted by molar-refractivity contribution is 5.68. The first-order chi connectivity index (χ1) is 12.8. The molecule has 0 aromatic heterocycles. The number of alkyl carbamates (subject to hydrolysis) is 1. The Balaban J connectivity index is 2.40. The molecule has 0 radical (unpaired) electrons. The lowest BCUT2D eigenvalue weighted by Crippen LogP contribution is -2.37. The van der Waals surface area contributed by atoms with Crippen LogP contribution in [-0.2, 0) is 16.1 Å². The zero-order valence-corrected chi connectivity index (χ0v) is 16.7. The van der Waals surface area contributed by atoms with Crippen LogP contribution in [0, 0.1) is 0 Å². The van der Waals surface area contributed by atoms with Gasteiger partial charge in [-0.2, -0.15) is 0 Å². The van der Waals surface area contributed by atoms with E-state index in [1.54, 1.807) is 4.90 Å². The van der Waals surface area contributed by atoms with E-state index in [1.807, 2.05) is 51.1 Å². The van der Waals surface area contributed by atoms with Gasteiger partial charge in [0.05, 0.1) is 0 Å². The Morgan fingerprint density at radius 2 is 1.74 bits per heavy atom. The van der Waals surface area contributed by atoms with Crippen LogP contribution in [0.4, 0.5) is 9.59 Å². The molecule has 0 unspecified atom stereocenters. The number of ether oxygens (including phenoxy) is 2. The van der Waals surface area contributed by atoms with Crippen LogP contribution in [0.3, 0.4) is 0 Å². The Bertz CT molecular complexity index is 558. The van der Waals surface area contributed by atoms with Gasteiger partial charge in [-0.25, -0.2) is 9.59 Å². The van der Waals surface area contributed by atoms with Crippen LogP contribution in [0.15, 0.2) is 30.3 Å². The van der Waals surface area contributed by atoms with Crippen molar-refractivity contribution in [3.8, 4) is 0 Å². The number of nitrogens with two attached hydrogens (primary N) is 1. The van der Waals surface area contributed by atoms with Gasteiger partial charge in [-0.15, -0.1) is 0 Å². The van der Waals surface area contributed by atoms with Crippen molar-refractivity contribution in [1.29, 1.82) is 0 Å². The third-order valence-corrected chi connectivity index (χ3v) is 3.62. The molecule has 0 heterocycles. The van der Waals surface area contributed by atoms with Crippen molar-refractivity contribution < 1.29 is 19.1 Å². The van der Waals surface area contributed by atoms with Crippen LogP contribution >= 0.6 is 0 Å². The number of benzene rings is 1. The third kappa shape index (κ3) is 11.1. The van der Waals surface area contributed by atoms with E-state index in [0.29, 0.717) is 32.6 Å². The molecule has 0 fully saturated rings. The Kier molecular flexibility index (Phi) is 10.3. The summed E-state index contributed by atoms with van der Waals surface area (Å²) in [6.07, 6.45) is 1.47. The average molecular weight is 380 g/mol. The van der Waals surface area contributed by atoms with E-state index in [0.717, 1.165) is 18.4 Å². The Morgan fingerprint density at radius 3 is 2.37 bits per heavy atom. The normalized spacial score (nSPS) is 11.0. The fraction of sp³-hybridized carbons (Fsp3) is 0.600. The Hall–Kier alpha value is -2.28. The van der Waals surface area contributed by atoms with E-state index < -0.39 is 11.7 Å². The number of unbranched alkanes of at least 4 members (excludes halogenated alkanes) is 1. The zero-order chi connectivity index (χ0) is 20.1. The van der Waals surface area contributed by atoms with Gasteiger partial charge in [0.25, 0.3) is 0 Å². The molecule has 0 saturated carbocycles. The number of rotatable bonds is 10. The van der Waals surface area contributed by atoms with Crippen LogP contribution in [0.1, 0.15) is 45.6 Å². The maximum absolute atomic E-state index is 12.4. The molecular formula is C20H33N3O4. The van der Waals surface area contributed by atoms with E-state index >= 15 is 0 Å². The highest BCUT2D eigenvalue weighted by Crippen LogP contribution is 2.07. The van der Waals surface area contributed by atoms with Gasteiger partial charge in [-0.3, -0.25) is 0 Å². The molecule has 1 aromatic rings. The second-order valence-electron chi connectivity index (χ2n) is 7.31. The number of nitrogens with zero attached hydrogens (tertiary/aromatic N) is 1. The van der Waals surface area contributed by atoms with E-state index in [2.05, 4.69) is 5.32 Å². The predicted octanol–water partition coefficient (Wildman–Crippen LogP) is 3.28. The number of carbonyl (C=O) groups excluding carboxylic acids is 2. The molecule has 152 valence electrons. The fourth-order valence-corrected chi connectivity index (χ4v) is 2.33. The maximum Gasteiger partial charge on any atom is 0.410 e. The molecule has 0 spiro atoms. The first-order valence-electron chi connectivity index (χ1n) is 9.44. The number of amides is 2.